The van der Waals surface area contributed by atoms with Gasteiger partial charge in [-0.15, -0.1) is 0 Å². The summed E-state index contributed by atoms with van der Waals surface area (Å²) in [4.78, 5) is 4.44. The topological polar surface area (TPSA) is 73.9 Å². The van der Waals surface area contributed by atoms with E-state index in [1.807, 2.05) is 0 Å². The van der Waals surface area contributed by atoms with Crippen LogP contribution in [0.15, 0.2) is 0 Å². The van der Waals surface area contributed by atoms with E-state index in [0.717, 1.165) is 25.8 Å². The molecule has 0 amide bonds. The lowest BCUT2D eigenvalue weighted by atomic mass is 10.1. The molecule has 0 atom stereocenters. The first-order chi connectivity index (χ1) is 6.91. The number of hydrogen-bond donors (Lipinski definition) is 2. The van der Waals surface area contributed by atoms with Crippen LogP contribution in [-0.4, -0.2) is 18.4 Å². The summed E-state index contributed by atoms with van der Waals surface area (Å²) in [7, 11) is 0. The Labute approximate surface area is 84.9 Å². The Balaban J connectivity index is 2.78. The van der Waals surface area contributed by atoms with Gasteiger partial charge in [-0.2, -0.15) is 0 Å². The Hall–Kier alpha value is -0.200. The highest BCUT2D eigenvalue weighted by Crippen LogP contribution is 2.06. The average molecular weight is 207 g/mol. The largest absolute Gasteiger partial charge is 0.330 e. The minimum atomic E-state index is 0.448. The summed E-state index contributed by atoms with van der Waals surface area (Å²) < 4.78 is 0. The molecular formula is C9H21NO4. The molecule has 0 aromatic carbocycles. The molecule has 0 unspecified atom stereocenters. The second-order valence-corrected chi connectivity index (χ2v) is 3.23. The van der Waals surface area contributed by atoms with Crippen LogP contribution < -0.4 is 5.73 Å². The smallest absolute Gasteiger partial charge is 0.0854 e. The van der Waals surface area contributed by atoms with Crippen molar-refractivity contribution >= 4 is 0 Å². The van der Waals surface area contributed by atoms with Gasteiger partial charge in [0.2, 0.25) is 0 Å². The maximum Gasteiger partial charge on any atom is 0.0854 e. The van der Waals surface area contributed by atoms with Crippen LogP contribution in [0, 0.1) is 0 Å². The molecular weight excluding hydrogens is 186 g/mol. The first-order valence-electron chi connectivity index (χ1n) is 5.21. The predicted molar refractivity (Wildman–Crippen MR) is 52.1 cm³/mol. The minimum Gasteiger partial charge on any atom is -0.330 e. The van der Waals surface area contributed by atoms with Gasteiger partial charge in [0.1, 0.15) is 0 Å². The van der Waals surface area contributed by atoms with Gasteiger partial charge in [0, 0.05) is 0 Å². The third kappa shape index (κ3) is 11.8. The lowest BCUT2D eigenvalue weighted by Crippen LogP contribution is -1.97. The zero-order valence-corrected chi connectivity index (χ0v) is 8.61. The van der Waals surface area contributed by atoms with Crippen LogP contribution in [0.5, 0.6) is 0 Å². The molecule has 0 aliphatic heterocycles. The number of hydrogen-bond acceptors (Lipinski definition) is 5. The van der Waals surface area contributed by atoms with E-state index in [9.17, 15) is 0 Å². The van der Waals surface area contributed by atoms with Crippen LogP contribution in [0.4, 0.5) is 0 Å². The fourth-order valence-corrected chi connectivity index (χ4v) is 1.24. The van der Waals surface area contributed by atoms with Gasteiger partial charge in [0.15, 0.2) is 0 Å². The van der Waals surface area contributed by atoms with Crippen LogP contribution in [0.1, 0.15) is 44.9 Å². The fraction of sp³-hybridized carbons (Fsp3) is 1.00. The second kappa shape index (κ2) is 12.8. The molecule has 0 aliphatic carbocycles. The molecule has 86 valence electrons. The van der Waals surface area contributed by atoms with E-state index < -0.39 is 0 Å². The third-order valence-corrected chi connectivity index (χ3v) is 2.01. The van der Waals surface area contributed by atoms with Crippen molar-refractivity contribution in [3.8, 4) is 0 Å². The predicted octanol–water partition coefficient (Wildman–Crippen LogP) is 2.03. The lowest BCUT2D eigenvalue weighted by Gasteiger charge is -2.00. The maximum atomic E-state index is 7.73. The molecule has 0 bridgehead atoms. The Bertz CT molecular complexity index is 90.8. The highest BCUT2D eigenvalue weighted by atomic mass is 17.6. The van der Waals surface area contributed by atoms with Crippen molar-refractivity contribution in [2.75, 3.05) is 13.2 Å². The maximum absolute atomic E-state index is 7.73. The molecule has 5 nitrogen and oxygen atoms in total. The summed E-state index contributed by atoms with van der Waals surface area (Å²) in [6, 6.07) is 0. The van der Waals surface area contributed by atoms with Crippen LogP contribution in [0.25, 0.3) is 0 Å². The first-order valence-corrected chi connectivity index (χ1v) is 5.21. The fourth-order valence-electron chi connectivity index (χ4n) is 1.24. The molecule has 0 fully saturated rings. The Morgan fingerprint density at radius 3 is 2.00 bits per heavy atom. The molecule has 0 saturated carbocycles. The van der Waals surface area contributed by atoms with Crippen molar-refractivity contribution < 1.29 is 20.2 Å². The summed E-state index contributed by atoms with van der Waals surface area (Å²) in [6.07, 6.45) is 8.09. The lowest BCUT2D eigenvalue weighted by molar-refractivity contribution is -0.623. The SMILES string of the molecule is NCCCCCCCCCOOOO. The highest BCUT2D eigenvalue weighted by Gasteiger charge is 1.92. The van der Waals surface area contributed by atoms with Crippen molar-refractivity contribution in [2.45, 2.75) is 44.9 Å². The Morgan fingerprint density at radius 1 is 0.857 bits per heavy atom. The van der Waals surface area contributed by atoms with E-state index in [4.69, 9.17) is 11.0 Å². The van der Waals surface area contributed by atoms with E-state index in [1.54, 1.807) is 0 Å². The highest BCUT2D eigenvalue weighted by molar-refractivity contribution is 4.45. The molecule has 0 aromatic heterocycles. The quantitative estimate of drug-likeness (QED) is 0.308. The summed E-state index contributed by atoms with van der Waals surface area (Å²) >= 11 is 0. The van der Waals surface area contributed by atoms with Gasteiger partial charge in [0.05, 0.1) is 6.61 Å². The van der Waals surface area contributed by atoms with Gasteiger partial charge in [-0.25, -0.2) is 10.1 Å². The Kier molecular flexibility index (Phi) is 12.6. The van der Waals surface area contributed by atoms with E-state index >= 15 is 0 Å². The van der Waals surface area contributed by atoms with Gasteiger partial charge in [0.25, 0.3) is 0 Å². The molecule has 0 aromatic rings. The standard InChI is InChI=1S/C9H21NO4/c10-8-6-4-2-1-3-5-7-9-12-14-13-11/h11H,1-10H2. The molecule has 0 radical (unpaired) electrons. The number of nitrogens with two attached hydrogens (primary N) is 1. The molecule has 0 saturated heterocycles. The number of unbranched alkanes of at least 4 members (excludes halogenated alkanes) is 6. The zero-order valence-electron chi connectivity index (χ0n) is 8.61. The van der Waals surface area contributed by atoms with Crippen molar-refractivity contribution in [2.24, 2.45) is 5.73 Å². The molecule has 3 N–H and O–H groups in total. The molecule has 14 heavy (non-hydrogen) atoms. The average Bonchev–Trinajstić information content (AvgIpc) is 2.21. The monoisotopic (exact) mass is 207 g/mol. The summed E-state index contributed by atoms with van der Waals surface area (Å²) in [5.74, 6) is 0. The van der Waals surface area contributed by atoms with Gasteiger partial charge in [-0.3, -0.25) is 0 Å². The van der Waals surface area contributed by atoms with Crippen LogP contribution >= 0.6 is 0 Å². The van der Waals surface area contributed by atoms with Crippen LogP contribution in [0.2, 0.25) is 0 Å². The van der Waals surface area contributed by atoms with Crippen molar-refractivity contribution in [1.82, 2.24) is 0 Å². The Morgan fingerprint density at radius 2 is 1.43 bits per heavy atom. The molecule has 0 aliphatic rings. The molecule has 0 spiro atoms. The van der Waals surface area contributed by atoms with E-state index in [0.29, 0.717) is 6.61 Å². The van der Waals surface area contributed by atoms with Crippen LogP contribution in [-0.2, 0) is 15.0 Å². The van der Waals surface area contributed by atoms with Crippen molar-refractivity contribution in [3.63, 3.8) is 0 Å². The summed E-state index contributed by atoms with van der Waals surface area (Å²) in [6.45, 7) is 1.25. The van der Waals surface area contributed by atoms with E-state index in [2.05, 4.69) is 15.0 Å². The van der Waals surface area contributed by atoms with Crippen molar-refractivity contribution in [3.05, 3.63) is 0 Å². The second-order valence-electron chi connectivity index (χ2n) is 3.23. The van der Waals surface area contributed by atoms with Gasteiger partial charge in [-0.1, -0.05) is 32.1 Å². The molecule has 0 heterocycles. The van der Waals surface area contributed by atoms with E-state index in [1.165, 1.54) is 25.7 Å². The van der Waals surface area contributed by atoms with Crippen molar-refractivity contribution in [1.29, 1.82) is 0 Å². The van der Waals surface area contributed by atoms with Gasteiger partial charge >= 0.3 is 0 Å². The normalized spacial score (nSPS) is 10.7. The zero-order chi connectivity index (χ0) is 10.5. The number of rotatable bonds is 11. The first kappa shape index (κ1) is 13.8. The van der Waals surface area contributed by atoms with Crippen LogP contribution in [0.3, 0.4) is 0 Å². The molecule has 0 rings (SSSR count). The summed E-state index contributed by atoms with van der Waals surface area (Å²) in [5, 5.41) is 14.8. The molecule has 5 heteroatoms. The minimum absolute atomic E-state index is 0.448. The summed E-state index contributed by atoms with van der Waals surface area (Å²) in [5.41, 5.74) is 5.37. The van der Waals surface area contributed by atoms with Gasteiger partial charge in [-0.05, 0) is 29.5 Å². The van der Waals surface area contributed by atoms with Gasteiger partial charge < -0.3 is 5.73 Å². The third-order valence-electron chi connectivity index (χ3n) is 2.01. The van der Waals surface area contributed by atoms with E-state index in [-0.39, 0.29) is 0 Å².